The van der Waals surface area contributed by atoms with Crippen LogP contribution in [0.15, 0.2) is 30.5 Å². The average Bonchev–Trinajstić information content (AvgIpc) is 2.81. The number of para-hydroxylation sites is 1. The molecule has 0 aliphatic carbocycles. The summed E-state index contributed by atoms with van der Waals surface area (Å²) in [5.74, 6) is 0. The molecule has 1 aromatic carbocycles. The summed E-state index contributed by atoms with van der Waals surface area (Å²) >= 11 is 0. The highest BCUT2D eigenvalue weighted by Gasteiger charge is 2.28. The molecule has 1 aromatic heterocycles. The third kappa shape index (κ3) is 2.74. The van der Waals surface area contributed by atoms with Gasteiger partial charge in [0.15, 0.2) is 0 Å². The molecule has 2 N–H and O–H groups in total. The molecule has 1 aliphatic rings. The van der Waals surface area contributed by atoms with Gasteiger partial charge in [0, 0.05) is 35.8 Å². The quantitative estimate of drug-likeness (QED) is 0.899. The third-order valence-corrected chi connectivity index (χ3v) is 4.39. The predicted octanol–water partition coefficient (Wildman–Crippen LogP) is 3.32. The molecule has 3 heteroatoms. The van der Waals surface area contributed by atoms with E-state index >= 15 is 0 Å². The van der Waals surface area contributed by atoms with Gasteiger partial charge in [-0.05, 0) is 30.9 Å². The number of fused-ring (bicyclic) bond motifs is 1. The first-order valence-electron chi connectivity index (χ1n) is 7.52. The second kappa shape index (κ2) is 5.23. The SMILES string of the molecule is CC1(C)CCCN(CC(O)c2c[nH]c3ccccc23)C1. The number of nitrogens with zero attached hydrogens (tertiary/aromatic N) is 1. The van der Waals surface area contributed by atoms with Crippen LogP contribution in [0.3, 0.4) is 0 Å². The molecule has 3 nitrogen and oxygen atoms in total. The zero-order chi connectivity index (χ0) is 14.2. The van der Waals surface area contributed by atoms with Crippen LogP contribution >= 0.6 is 0 Å². The summed E-state index contributed by atoms with van der Waals surface area (Å²) in [7, 11) is 0. The van der Waals surface area contributed by atoms with Crippen molar-refractivity contribution in [3.05, 3.63) is 36.0 Å². The lowest BCUT2D eigenvalue weighted by molar-refractivity contribution is 0.0604. The Morgan fingerprint density at radius 2 is 2.15 bits per heavy atom. The fourth-order valence-electron chi connectivity index (χ4n) is 3.41. The van der Waals surface area contributed by atoms with Gasteiger partial charge < -0.3 is 10.1 Å². The van der Waals surface area contributed by atoms with Crippen LogP contribution < -0.4 is 0 Å². The number of aliphatic hydroxyl groups is 1. The monoisotopic (exact) mass is 272 g/mol. The molecule has 2 heterocycles. The first-order chi connectivity index (χ1) is 9.55. The lowest BCUT2D eigenvalue weighted by Crippen LogP contribution is -2.41. The van der Waals surface area contributed by atoms with Gasteiger partial charge in [0.05, 0.1) is 6.10 Å². The van der Waals surface area contributed by atoms with Gasteiger partial charge in [0.25, 0.3) is 0 Å². The molecule has 0 bridgehead atoms. The van der Waals surface area contributed by atoms with E-state index in [2.05, 4.69) is 35.9 Å². The van der Waals surface area contributed by atoms with Crippen LogP contribution in [0.2, 0.25) is 0 Å². The van der Waals surface area contributed by atoms with Crippen LogP contribution in [-0.4, -0.2) is 34.6 Å². The number of β-amino-alcohol motifs (C(OH)–C–C–N with tert-alkyl or cyclic N) is 1. The number of hydrogen-bond donors (Lipinski definition) is 2. The smallest absolute Gasteiger partial charge is 0.0937 e. The molecule has 0 saturated carbocycles. The van der Waals surface area contributed by atoms with Crippen LogP contribution in [-0.2, 0) is 0 Å². The Hall–Kier alpha value is -1.32. The molecular formula is C17H24N2O. The third-order valence-electron chi connectivity index (χ3n) is 4.39. The standard InChI is InChI=1S/C17H24N2O/c1-17(2)8-5-9-19(12-17)11-16(20)14-10-18-15-7-4-3-6-13(14)15/h3-4,6-7,10,16,18,20H,5,8-9,11-12H2,1-2H3. The Bertz CT molecular complexity index is 587. The number of aliphatic hydroxyl groups excluding tert-OH is 1. The molecular weight excluding hydrogens is 248 g/mol. The van der Waals surface area contributed by atoms with Crippen molar-refractivity contribution in [2.45, 2.75) is 32.8 Å². The number of likely N-dealkylation sites (tertiary alicyclic amines) is 1. The van der Waals surface area contributed by atoms with E-state index in [1.165, 1.54) is 12.8 Å². The van der Waals surface area contributed by atoms with Crippen LogP contribution in [0.1, 0.15) is 38.4 Å². The Kier molecular flexibility index (Phi) is 3.57. The summed E-state index contributed by atoms with van der Waals surface area (Å²) in [5, 5.41) is 11.7. The van der Waals surface area contributed by atoms with E-state index in [0.29, 0.717) is 5.41 Å². The number of hydrogen-bond acceptors (Lipinski definition) is 2. The summed E-state index contributed by atoms with van der Waals surface area (Å²) in [5.41, 5.74) is 2.49. The number of rotatable bonds is 3. The summed E-state index contributed by atoms with van der Waals surface area (Å²) in [4.78, 5) is 5.64. The largest absolute Gasteiger partial charge is 0.387 e. The van der Waals surface area contributed by atoms with E-state index in [1.807, 2.05) is 18.3 Å². The molecule has 1 unspecified atom stereocenters. The second-order valence-electron chi connectivity index (χ2n) is 6.81. The Morgan fingerprint density at radius 1 is 1.35 bits per heavy atom. The molecule has 108 valence electrons. The van der Waals surface area contributed by atoms with Crippen molar-refractivity contribution in [1.82, 2.24) is 9.88 Å². The van der Waals surface area contributed by atoms with Gasteiger partial charge in [-0.15, -0.1) is 0 Å². The van der Waals surface area contributed by atoms with Crippen LogP contribution in [0.5, 0.6) is 0 Å². The lowest BCUT2D eigenvalue weighted by Gasteiger charge is -2.38. The molecule has 0 spiro atoms. The summed E-state index contributed by atoms with van der Waals surface area (Å²) in [6.07, 6.45) is 4.05. The maximum atomic E-state index is 10.6. The molecule has 1 saturated heterocycles. The van der Waals surface area contributed by atoms with Crippen molar-refractivity contribution < 1.29 is 5.11 Å². The molecule has 3 rings (SSSR count). The second-order valence-corrected chi connectivity index (χ2v) is 6.81. The van der Waals surface area contributed by atoms with Gasteiger partial charge in [-0.3, -0.25) is 4.90 Å². The van der Waals surface area contributed by atoms with Crippen molar-refractivity contribution in [3.63, 3.8) is 0 Å². The van der Waals surface area contributed by atoms with Crippen molar-refractivity contribution >= 4 is 10.9 Å². The van der Waals surface area contributed by atoms with Gasteiger partial charge in [0.2, 0.25) is 0 Å². The highest BCUT2D eigenvalue weighted by molar-refractivity contribution is 5.83. The topological polar surface area (TPSA) is 39.3 Å². The minimum absolute atomic E-state index is 0.373. The number of nitrogens with one attached hydrogen (secondary N) is 1. The van der Waals surface area contributed by atoms with Gasteiger partial charge in [-0.2, -0.15) is 0 Å². The Labute approximate surface area is 120 Å². The molecule has 0 amide bonds. The van der Waals surface area contributed by atoms with Gasteiger partial charge >= 0.3 is 0 Å². The molecule has 0 radical (unpaired) electrons. The highest BCUT2D eigenvalue weighted by Crippen LogP contribution is 2.30. The number of benzene rings is 1. The molecule has 20 heavy (non-hydrogen) atoms. The number of aromatic amines is 1. The molecule has 1 fully saturated rings. The molecule has 2 aromatic rings. The van der Waals surface area contributed by atoms with E-state index in [9.17, 15) is 5.11 Å². The van der Waals surface area contributed by atoms with Crippen molar-refractivity contribution in [3.8, 4) is 0 Å². The number of H-pyrrole nitrogens is 1. The predicted molar refractivity (Wildman–Crippen MR) is 82.7 cm³/mol. The van der Waals surface area contributed by atoms with E-state index in [1.54, 1.807) is 0 Å². The minimum Gasteiger partial charge on any atom is -0.387 e. The van der Waals surface area contributed by atoms with Crippen LogP contribution in [0.25, 0.3) is 10.9 Å². The van der Waals surface area contributed by atoms with Crippen LogP contribution in [0.4, 0.5) is 0 Å². The van der Waals surface area contributed by atoms with E-state index < -0.39 is 6.10 Å². The fourth-order valence-corrected chi connectivity index (χ4v) is 3.41. The molecule has 1 aliphatic heterocycles. The average molecular weight is 272 g/mol. The van der Waals surface area contributed by atoms with Crippen molar-refractivity contribution in [1.29, 1.82) is 0 Å². The van der Waals surface area contributed by atoms with Crippen molar-refractivity contribution in [2.24, 2.45) is 5.41 Å². The van der Waals surface area contributed by atoms with E-state index in [4.69, 9.17) is 0 Å². The first kappa shape index (κ1) is 13.7. The van der Waals surface area contributed by atoms with E-state index in [0.717, 1.165) is 36.1 Å². The van der Waals surface area contributed by atoms with Crippen LogP contribution in [0, 0.1) is 5.41 Å². The lowest BCUT2D eigenvalue weighted by atomic mass is 9.84. The maximum Gasteiger partial charge on any atom is 0.0937 e. The zero-order valence-electron chi connectivity index (χ0n) is 12.4. The molecule has 1 atom stereocenters. The Morgan fingerprint density at radius 3 is 2.95 bits per heavy atom. The number of piperidine rings is 1. The summed E-state index contributed by atoms with van der Waals surface area (Å²) < 4.78 is 0. The highest BCUT2D eigenvalue weighted by atomic mass is 16.3. The van der Waals surface area contributed by atoms with E-state index in [-0.39, 0.29) is 0 Å². The van der Waals surface area contributed by atoms with Gasteiger partial charge in [0.1, 0.15) is 0 Å². The van der Waals surface area contributed by atoms with Gasteiger partial charge in [-0.1, -0.05) is 32.0 Å². The first-order valence-corrected chi connectivity index (χ1v) is 7.52. The summed E-state index contributed by atoms with van der Waals surface area (Å²) in [6, 6.07) is 8.17. The maximum absolute atomic E-state index is 10.6. The summed E-state index contributed by atoms with van der Waals surface area (Å²) in [6.45, 7) is 7.54. The van der Waals surface area contributed by atoms with Gasteiger partial charge in [-0.25, -0.2) is 0 Å². The minimum atomic E-state index is -0.417. The fraction of sp³-hybridized carbons (Fsp3) is 0.529. The zero-order valence-corrected chi connectivity index (χ0v) is 12.4. The normalized spacial score (nSPS) is 21.1. The Balaban J connectivity index is 1.74. The van der Waals surface area contributed by atoms with Crippen molar-refractivity contribution in [2.75, 3.05) is 19.6 Å². The number of aromatic nitrogens is 1.